The molecule has 0 radical (unpaired) electrons. The van der Waals surface area contributed by atoms with Gasteiger partial charge in [-0.15, -0.1) is 8.20 Å². The molecule has 5 heteroatoms. The molecule has 0 aromatic heterocycles. The van der Waals surface area contributed by atoms with Crippen molar-refractivity contribution in [2.45, 2.75) is 13.0 Å². The van der Waals surface area contributed by atoms with Crippen LogP contribution < -0.4 is 0 Å². The van der Waals surface area contributed by atoms with E-state index in [1.807, 2.05) is 17.0 Å². The lowest BCUT2D eigenvalue weighted by Crippen LogP contribution is -2.42. The summed E-state index contributed by atoms with van der Waals surface area (Å²) in [4.78, 5) is 19.8. The highest BCUT2D eigenvalue weighted by Crippen LogP contribution is 2.13. The number of rotatable bonds is 7. The van der Waals surface area contributed by atoms with Gasteiger partial charge in [0, 0.05) is 45.0 Å². The summed E-state index contributed by atoms with van der Waals surface area (Å²) >= 11 is 0. The van der Waals surface area contributed by atoms with Crippen LogP contribution in [-0.2, 0) is 17.8 Å². The molecule has 0 N–H and O–H groups in total. The molecule has 0 spiro atoms. The fraction of sp³-hybridized carbons (Fsp3) is 0.360. The topological polar surface area (TPSA) is 26.8 Å². The molecule has 2 aromatic rings. The molecule has 0 atom stereocenters. The highest BCUT2D eigenvalue weighted by atomic mass is 31.1. The summed E-state index contributed by atoms with van der Waals surface area (Å²) in [6.07, 6.45) is 0.881. The van der Waals surface area contributed by atoms with Gasteiger partial charge in [0.2, 0.25) is 5.91 Å². The molecule has 1 aliphatic heterocycles. The van der Waals surface area contributed by atoms with Gasteiger partial charge in [0.25, 0.3) is 0 Å². The van der Waals surface area contributed by atoms with Gasteiger partial charge in [-0.1, -0.05) is 67.2 Å². The molecular formula is C25H32N3OP. The van der Waals surface area contributed by atoms with Crippen molar-refractivity contribution in [2.75, 3.05) is 45.9 Å². The lowest BCUT2D eigenvalue weighted by Gasteiger charge is -2.28. The minimum Gasteiger partial charge on any atom is -0.368 e. The third kappa shape index (κ3) is 6.83. The van der Waals surface area contributed by atoms with Crippen LogP contribution in [0.4, 0.5) is 0 Å². The second kappa shape index (κ2) is 11.7. The first-order valence-electron chi connectivity index (χ1n) is 10.6. The minimum absolute atomic E-state index is 0.203. The molecule has 1 heterocycles. The quantitative estimate of drug-likeness (QED) is 0.637. The largest absolute Gasteiger partial charge is 0.368 e. The molecule has 0 bridgehead atoms. The first-order valence-corrected chi connectivity index (χ1v) is 12.0. The third-order valence-corrected chi connectivity index (χ3v) is 5.98. The lowest BCUT2D eigenvalue weighted by atomic mass is 10.1. The zero-order valence-corrected chi connectivity index (χ0v) is 18.8. The Labute approximate surface area is 182 Å². The average molecular weight is 422 g/mol. The van der Waals surface area contributed by atoms with Crippen molar-refractivity contribution in [1.29, 1.82) is 0 Å². The fourth-order valence-electron chi connectivity index (χ4n) is 3.73. The standard InChI is InChI=1S/C25H32N3OP/c1-22-19-26(20-24-11-7-4-8-12-24)21-25(29)28(16-15-27(22)17-18-30-2)14-13-23-9-5-3-6-10-23/h3-12,18H,1,13-17,19-21H2,2H3. The molecule has 1 amide bonds. The number of amides is 1. The highest BCUT2D eigenvalue weighted by Gasteiger charge is 2.23. The maximum absolute atomic E-state index is 13.2. The molecule has 2 aromatic carbocycles. The second-order valence-corrected chi connectivity index (χ2v) is 8.58. The summed E-state index contributed by atoms with van der Waals surface area (Å²) < 4.78 is 0. The monoisotopic (exact) mass is 421 g/mol. The highest BCUT2D eigenvalue weighted by molar-refractivity contribution is 7.37. The van der Waals surface area contributed by atoms with E-state index in [1.165, 1.54) is 19.3 Å². The number of benzene rings is 2. The van der Waals surface area contributed by atoms with Crippen LogP contribution in [0.25, 0.3) is 0 Å². The van der Waals surface area contributed by atoms with Crippen molar-refractivity contribution in [3.63, 3.8) is 0 Å². The van der Waals surface area contributed by atoms with Crippen LogP contribution in [0.3, 0.4) is 0 Å². The van der Waals surface area contributed by atoms with E-state index in [1.54, 1.807) is 0 Å². The Hall–Kier alpha value is -2.42. The van der Waals surface area contributed by atoms with Crippen LogP contribution in [0.5, 0.6) is 0 Å². The number of nitrogens with zero attached hydrogens (tertiary/aromatic N) is 3. The van der Waals surface area contributed by atoms with Gasteiger partial charge in [-0.2, -0.15) is 0 Å². The van der Waals surface area contributed by atoms with Gasteiger partial charge in [0.1, 0.15) is 0 Å². The van der Waals surface area contributed by atoms with E-state index in [-0.39, 0.29) is 5.91 Å². The Bertz CT molecular complexity index is 838. The summed E-state index contributed by atoms with van der Waals surface area (Å²) in [6.45, 7) is 11.6. The molecule has 3 rings (SSSR count). The molecule has 1 aliphatic rings. The van der Waals surface area contributed by atoms with E-state index in [0.29, 0.717) is 13.1 Å². The zero-order valence-electron chi connectivity index (χ0n) is 17.9. The van der Waals surface area contributed by atoms with Crippen molar-refractivity contribution >= 4 is 19.9 Å². The van der Waals surface area contributed by atoms with E-state index in [0.717, 1.165) is 44.8 Å². The van der Waals surface area contributed by atoms with Crippen LogP contribution >= 0.6 is 8.20 Å². The van der Waals surface area contributed by atoms with Gasteiger partial charge in [-0.3, -0.25) is 9.69 Å². The predicted molar refractivity (Wildman–Crippen MR) is 128 cm³/mol. The van der Waals surface area contributed by atoms with Crippen LogP contribution in [-0.4, -0.2) is 72.3 Å². The smallest absolute Gasteiger partial charge is 0.236 e. The average Bonchev–Trinajstić information content (AvgIpc) is 2.81. The molecule has 0 aliphatic carbocycles. The van der Waals surface area contributed by atoms with Gasteiger partial charge in [-0.05, 0) is 30.0 Å². The van der Waals surface area contributed by atoms with Crippen molar-refractivity contribution < 1.29 is 4.79 Å². The van der Waals surface area contributed by atoms with Crippen molar-refractivity contribution in [2.24, 2.45) is 0 Å². The van der Waals surface area contributed by atoms with E-state index in [9.17, 15) is 4.79 Å². The van der Waals surface area contributed by atoms with Gasteiger partial charge < -0.3 is 9.80 Å². The summed E-state index contributed by atoms with van der Waals surface area (Å²) in [7, 11) is 1.27. The maximum atomic E-state index is 13.2. The first kappa shape index (κ1) is 22.3. The number of carbonyl (C=O) groups excluding carboxylic acids is 1. The normalized spacial score (nSPS) is 16.6. The molecule has 1 fully saturated rings. The summed E-state index contributed by atoms with van der Waals surface area (Å²) in [6, 6.07) is 20.8. The molecule has 0 unspecified atom stereocenters. The lowest BCUT2D eigenvalue weighted by molar-refractivity contribution is -0.132. The van der Waals surface area contributed by atoms with Crippen LogP contribution in [0, 0.1) is 0 Å². The van der Waals surface area contributed by atoms with Crippen LogP contribution in [0.15, 0.2) is 72.9 Å². The van der Waals surface area contributed by atoms with Crippen LogP contribution in [0.1, 0.15) is 11.1 Å². The molecule has 30 heavy (non-hydrogen) atoms. The van der Waals surface area contributed by atoms with E-state index < -0.39 is 0 Å². The Morgan fingerprint density at radius 3 is 2.23 bits per heavy atom. The predicted octanol–water partition coefficient (Wildman–Crippen LogP) is 3.77. The maximum Gasteiger partial charge on any atom is 0.236 e. The van der Waals surface area contributed by atoms with Crippen molar-refractivity contribution in [3.05, 3.63) is 84.1 Å². The summed E-state index contributed by atoms with van der Waals surface area (Å²) in [5.74, 6) is 2.45. The third-order valence-electron chi connectivity index (χ3n) is 5.45. The summed E-state index contributed by atoms with van der Waals surface area (Å²) in [5.41, 5.74) is 3.58. The minimum atomic E-state index is 0.203. The fourth-order valence-corrected chi connectivity index (χ4v) is 4.09. The number of hydrogen-bond donors (Lipinski definition) is 0. The first-order chi connectivity index (χ1) is 14.7. The Morgan fingerprint density at radius 1 is 0.933 bits per heavy atom. The number of carbonyl (C=O) groups is 1. The Balaban J connectivity index is 1.74. The van der Waals surface area contributed by atoms with E-state index in [4.69, 9.17) is 0 Å². The van der Waals surface area contributed by atoms with E-state index in [2.05, 4.69) is 77.4 Å². The van der Waals surface area contributed by atoms with Gasteiger partial charge in [0.05, 0.1) is 6.54 Å². The second-order valence-electron chi connectivity index (χ2n) is 7.70. The van der Waals surface area contributed by atoms with Crippen molar-refractivity contribution in [1.82, 2.24) is 14.7 Å². The Morgan fingerprint density at radius 2 is 1.57 bits per heavy atom. The molecule has 158 valence electrons. The molecular weight excluding hydrogens is 389 g/mol. The Kier molecular flexibility index (Phi) is 8.67. The SMILES string of the molecule is C=C1CN(Cc2ccccc2)CC(=O)N(CCc2ccccc2)CCN1CC=PC. The van der Waals surface area contributed by atoms with E-state index >= 15 is 0 Å². The van der Waals surface area contributed by atoms with Gasteiger partial charge in [-0.25, -0.2) is 0 Å². The van der Waals surface area contributed by atoms with Gasteiger partial charge in [0.15, 0.2) is 0 Å². The van der Waals surface area contributed by atoms with Gasteiger partial charge >= 0.3 is 0 Å². The molecule has 0 saturated carbocycles. The zero-order chi connectivity index (χ0) is 21.2. The summed E-state index contributed by atoms with van der Waals surface area (Å²) in [5, 5.41) is 0. The number of hydrogen-bond acceptors (Lipinski definition) is 3. The van der Waals surface area contributed by atoms with Crippen LogP contribution in [0.2, 0.25) is 0 Å². The molecule has 4 nitrogen and oxygen atoms in total. The van der Waals surface area contributed by atoms with Crippen molar-refractivity contribution in [3.8, 4) is 0 Å². The molecule has 1 saturated heterocycles.